The first-order valence-corrected chi connectivity index (χ1v) is 22.5. The number of phosphoric ester groups is 1. The van der Waals surface area contributed by atoms with Crippen LogP contribution in [0, 0.1) is 0 Å². The van der Waals surface area contributed by atoms with Crippen molar-refractivity contribution in [3.8, 4) is 0 Å². The van der Waals surface area contributed by atoms with Gasteiger partial charge in [0.15, 0.2) is 6.10 Å². The van der Waals surface area contributed by atoms with Crippen LogP contribution in [0.5, 0.6) is 0 Å². The molecule has 0 bridgehead atoms. The van der Waals surface area contributed by atoms with E-state index in [0.717, 1.165) is 64.2 Å². The number of carbonyl (C=O) groups excluding carboxylic acids is 2. The fourth-order valence-electron chi connectivity index (χ4n) is 5.35. The quantitative estimate of drug-likeness (QED) is 0.0270. The molecule has 0 aliphatic rings. The van der Waals surface area contributed by atoms with Gasteiger partial charge in [0, 0.05) is 19.4 Å². The number of hydrogen-bond donors (Lipinski definition) is 2. The first-order chi connectivity index (χ1) is 26.8. The number of allylic oxidation sites excluding steroid dienone is 13. The molecule has 0 radical (unpaired) electrons. The number of esters is 2. The van der Waals surface area contributed by atoms with Gasteiger partial charge in [0.2, 0.25) is 0 Å². The van der Waals surface area contributed by atoms with Crippen molar-refractivity contribution in [3.05, 3.63) is 85.6 Å². The first-order valence-electron chi connectivity index (χ1n) is 21.0. The highest BCUT2D eigenvalue weighted by atomic mass is 31.2. The van der Waals surface area contributed by atoms with Gasteiger partial charge in [-0.25, -0.2) is 4.57 Å². The summed E-state index contributed by atoms with van der Waals surface area (Å²) in [6, 6.07) is 0. The highest BCUT2D eigenvalue weighted by Crippen LogP contribution is 2.43. The lowest BCUT2D eigenvalue weighted by atomic mass is 10.0. The van der Waals surface area contributed by atoms with Gasteiger partial charge in [-0.2, -0.15) is 0 Å². The Morgan fingerprint density at radius 1 is 0.600 bits per heavy atom. The van der Waals surface area contributed by atoms with Crippen LogP contribution in [0.2, 0.25) is 0 Å². The topological polar surface area (TPSA) is 134 Å². The molecule has 0 aromatic rings. The summed E-state index contributed by atoms with van der Waals surface area (Å²) in [6.45, 7) is 5.03. The minimum absolute atomic E-state index is 0.0393. The smallest absolute Gasteiger partial charge is 0.462 e. The average molecular weight is 790 g/mol. The molecule has 0 saturated carbocycles. The molecular weight excluding hydrogens is 713 g/mol. The van der Waals surface area contributed by atoms with E-state index in [0.29, 0.717) is 12.8 Å². The van der Waals surface area contributed by atoms with E-state index in [-0.39, 0.29) is 32.6 Å². The summed E-state index contributed by atoms with van der Waals surface area (Å²) in [5.74, 6) is -0.936. The molecule has 314 valence electrons. The lowest BCUT2D eigenvalue weighted by Gasteiger charge is -2.19. The van der Waals surface area contributed by atoms with E-state index in [1.165, 1.54) is 57.8 Å². The molecule has 3 N–H and O–H groups in total. The number of rotatable bonds is 39. The van der Waals surface area contributed by atoms with Crippen LogP contribution in [0.3, 0.4) is 0 Å². The van der Waals surface area contributed by atoms with Crippen LogP contribution in [0.4, 0.5) is 0 Å². The average Bonchev–Trinajstić information content (AvgIpc) is 3.17. The molecule has 0 aromatic heterocycles. The zero-order valence-corrected chi connectivity index (χ0v) is 35.1. The Morgan fingerprint density at radius 2 is 1.05 bits per heavy atom. The van der Waals surface area contributed by atoms with Crippen molar-refractivity contribution in [1.82, 2.24) is 0 Å². The van der Waals surface area contributed by atoms with Gasteiger partial charge in [-0.15, -0.1) is 6.58 Å². The number of phosphoric acid groups is 1. The van der Waals surface area contributed by atoms with Crippen molar-refractivity contribution in [2.75, 3.05) is 26.4 Å². The van der Waals surface area contributed by atoms with Crippen LogP contribution in [-0.4, -0.2) is 49.3 Å². The standard InChI is InChI=1S/C45H76NO8P/c1-3-5-7-9-11-13-15-17-19-20-21-22-24-25-27-29-31-33-35-37-44(47)51-41-43(42-53-55(49,50)52-40-39-46)54-45(48)38-36-34-32-30-28-26-23-18-16-14-12-10-8-6-4-2/h4-5,7,11,13,17,19,21-22,25,27,31,33,43H,2-3,6,8-10,12,14-16,18,20,23-24,26,28-30,32,34-42,46H2,1H3,(H,49,50)/b7-5+,13-11+,19-17+,22-21+,27-25+,33-31+/t43-/m1/s1. The monoisotopic (exact) mass is 790 g/mol. The van der Waals surface area contributed by atoms with Crippen molar-refractivity contribution in [2.24, 2.45) is 5.73 Å². The molecule has 0 spiro atoms. The molecule has 0 heterocycles. The van der Waals surface area contributed by atoms with Crippen LogP contribution in [0.15, 0.2) is 85.6 Å². The van der Waals surface area contributed by atoms with Gasteiger partial charge in [0.1, 0.15) is 6.61 Å². The van der Waals surface area contributed by atoms with Gasteiger partial charge >= 0.3 is 19.8 Å². The number of unbranched alkanes of at least 4 members (excludes halogenated alkanes) is 13. The summed E-state index contributed by atoms with van der Waals surface area (Å²) >= 11 is 0. The van der Waals surface area contributed by atoms with Gasteiger partial charge in [0.05, 0.1) is 13.2 Å². The third-order valence-electron chi connectivity index (χ3n) is 8.42. The molecule has 0 rings (SSSR count). The van der Waals surface area contributed by atoms with E-state index < -0.39 is 32.5 Å². The fourth-order valence-corrected chi connectivity index (χ4v) is 6.11. The second-order valence-electron chi connectivity index (χ2n) is 13.6. The van der Waals surface area contributed by atoms with Crippen LogP contribution >= 0.6 is 7.82 Å². The van der Waals surface area contributed by atoms with Crippen molar-refractivity contribution in [1.29, 1.82) is 0 Å². The molecule has 55 heavy (non-hydrogen) atoms. The van der Waals surface area contributed by atoms with E-state index in [2.05, 4.69) is 74.3 Å². The lowest BCUT2D eigenvalue weighted by Crippen LogP contribution is -2.29. The van der Waals surface area contributed by atoms with Crippen molar-refractivity contribution >= 4 is 19.8 Å². The molecule has 2 atom stereocenters. The number of ether oxygens (including phenoxy) is 2. The van der Waals surface area contributed by atoms with Crippen LogP contribution in [-0.2, 0) is 32.7 Å². The second kappa shape index (κ2) is 40.8. The van der Waals surface area contributed by atoms with E-state index in [1.807, 2.05) is 18.2 Å². The lowest BCUT2D eigenvalue weighted by molar-refractivity contribution is -0.161. The van der Waals surface area contributed by atoms with E-state index >= 15 is 0 Å². The summed E-state index contributed by atoms with van der Waals surface area (Å²) in [6.07, 6.45) is 49.5. The maximum Gasteiger partial charge on any atom is 0.472 e. The summed E-state index contributed by atoms with van der Waals surface area (Å²) < 4.78 is 32.7. The van der Waals surface area contributed by atoms with Gasteiger partial charge in [-0.3, -0.25) is 18.6 Å². The highest BCUT2D eigenvalue weighted by molar-refractivity contribution is 7.47. The predicted molar refractivity (Wildman–Crippen MR) is 229 cm³/mol. The van der Waals surface area contributed by atoms with E-state index in [1.54, 1.807) is 0 Å². The maximum atomic E-state index is 12.6. The molecule has 0 fully saturated rings. The van der Waals surface area contributed by atoms with Gasteiger partial charge < -0.3 is 20.1 Å². The molecule has 0 aliphatic carbocycles. The van der Waals surface area contributed by atoms with E-state index in [9.17, 15) is 19.0 Å². The Labute approximate surface area is 334 Å². The number of hydrogen-bond acceptors (Lipinski definition) is 8. The zero-order chi connectivity index (χ0) is 40.3. The Kier molecular flexibility index (Phi) is 38.8. The molecule has 10 heteroatoms. The molecule has 0 amide bonds. The van der Waals surface area contributed by atoms with Gasteiger partial charge in [0.25, 0.3) is 0 Å². The summed E-state index contributed by atoms with van der Waals surface area (Å²) in [5, 5.41) is 0. The first kappa shape index (κ1) is 52.2. The third-order valence-corrected chi connectivity index (χ3v) is 9.41. The highest BCUT2D eigenvalue weighted by Gasteiger charge is 2.25. The van der Waals surface area contributed by atoms with Crippen molar-refractivity contribution < 1.29 is 37.6 Å². The minimum atomic E-state index is -4.40. The van der Waals surface area contributed by atoms with Crippen LogP contribution in [0.1, 0.15) is 155 Å². The Morgan fingerprint density at radius 3 is 1.53 bits per heavy atom. The molecule has 9 nitrogen and oxygen atoms in total. The molecular formula is C45H76NO8P. The molecule has 0 aromatic carbocycles. The summed E-state index contributed by atoms with van der Waals surface area (Å²) in [7, 11) is -4.40. The Hall–Kier alpha value is -2.81. The predicted octanol–water partition coefficient (Wildman–Crippen LogP) is 12.0. The Bertz CT molecular complexity index is 1160. The zero-order valence-electron chi connectivity index (χ0n) is 34.2. The van der Waals surface area contributed by atoms with Crippen molar-refractivity contribution in [2.45, 2.75) is 161 Å². The van der Waals surface area contributed by atoms with Crippen LogP contribution in [0.25, 0.3) is 0 Å². The number of carbonyl (C=O) groups is 2. The SMILES string of the molecule is C=CCCCCCCCCCCCCCCCC(=O)O[C@H](COC(=O)CC/C=C/C/C=C/C/C=C/C/C=C/C/C=C/C/C=C/CC)COP(=O)(O)OCCN. The van der Waals surface area contributed by atoms with Gasteiger partial charge in [-0.05, 0) is 64.2 Å². The summed E-state index contributed by atoms with van der Waals surface area (Å²) in [4.78, 5) is 34.8. The molecule has 0 aliphatic heterocycles. The van der Waals surface area contributed by atoms with Crippen LogP contribution < -0.4 is 5.73 Å². The molecule has 1 unspecified atom stereocenters. The third kappa shape index (κ3) is 40.7. The fraction of sp³-hybridized carbons (Fsp3) is 0.644. The van der Waals surface area contributed by atoms with Gasteiger partial charge in [-0.1, -0.05) is 157 Å². The molecule has 0 saturated heterocycles. The maximum absolute atomic E-state index is 12.6. The number of nitrogens with two attached hydrogens (primary N) is 1. The van der Waals surface area contributed by atoms with E-state index in [4.69, 9.17) is 24.3 Å². The normalized spacial score (nSPS) is 13.9. The summed E-state index contributed by atoms with van der Waals surface area (Å²) in [5.41, 5.74) is 5.34. The van der Waals surface area contributed by atoms with Crippen molar-refractivity contribution in [3.63, 3.8) is 0 Å². The minimum Gasteiger partial charge on any atom is -0.462 e. The largest absolute Gasteiger partial charge is 0.472 e. The Balaban J connectivity index is 4.29. The second-order valence-corrected chi connectivity index (χ2v) is 15.0.